The number of rotatable bonds is 4. The van der Waals surface area contributed by atoms with Crippen LogP contribution >= 0.6 is 27.3 Å². The lowest BCUT2D eigenvalue weighted by Crippen LogP contribution is -2.12. The number of sulfonamides is 1. The Morgan fingerprint density at radius 1 is 1.37 bits per heavy atom. The molecule has 0 bridgehead atoms. The molecule has 6 nitrogen and oxygen atoms in total. The van der Waals surface area contributed by atoms with Gasteiger partial charge in [0, 0.05) is 6.20 Å². The topological polar surface area (TPSA) is 96.4 Å². The minimum Gasteiger partial charge on any atom is -0.477 e. The molecule has 0 radical (unpaired) electrons. The molecule has 19 heavy (non-hydrogen) atoms. The van der Waals surface area contributed by atoms with Gasteiger partial charge in [-0.2, -0.15) is 0 Å². The predicted octanol–water partition coefficient (Wildman–Crippen LogP) is 2.40. The van der Waals surface area contributed by atoms with Crippen LogP contribution in [0.15, 0.2) is 39.1 Å². The molecule has 0 aliphatic rings. The van der Waals surface area contributed by atoms with Crippen molar-refractivity contribution in [3.63, 3.8) is 0 Å². The normalized spacial score (nSPS) is 11.2. The number of nitrogens with zero attached hydrogens (tertiary/aromatic N) is 1. The second-order valence-electron chi connectivity index (χ2n) is 3.36. The van der Waals surface area contributed by atoms with Gasteiger partial charge in [-0.25, -0.2) is 18.2 Å². The number of pyridine rings is 1. The van der Waals surface area contributed by atoms with Gasteiger partial charge in [0.2, 0.25) is 0 Å². The van der Waals surface area contributed by atoms with Gasteiger partial charge < -0.3 is 5.11 Å². The van der Waals surface area contributed by atoms with Crippen molar-refractivity contribution in [1.82, 2.24) is 4.98 Å². The van der Waals surface area contributed by atoms with E-state index in [0.29, 0.717) is 15.8 Å². The van der Waals surface area contributed by atoms with Crippen LogP contribution in [0.25, 0.3) is 0 Å². The molecule has 0 spiro atoms. The van der Waals surface area contributed by atoms with Crippen LogP contribution in [0.1, 0.15) is 9.67 Å². The smallest absolute Gasteiger partial charge is 0.345 e. The van der Waals surface area contributed by atoms with E-state index in [1.807, 2.05) is 0 Å². The van der Waals surface area contributed by atoms with Gasteiger partial charge in [-0.05, 0) is 40.2 Å². The van der Waals surface area contributed by atoms with Crippen molar-refractivity contribution in [2.75, 3.05) is 4.72 Å². The fourth-order valence-corrected chi connectivity index (χ4v) is 3.88. The molecule has 2 aromatic heterocycles. The van der Waals surface area contributed by atoms with Crippen molar-refractivity contribution >= 4 is 49.1 Å². The van der Waals surface area contributed by atoms with Crippen LogP contribution in [-0.2, 0) is 10.0 Å². The largest absolute Gasteiger partial charge is 0.477 e. The third-order valence-electron chi connectivity index (χ3n) is 2.05. The predicted molar refractivity (Wildman–Crippen MR) is 74.0 cm³/mol. The van der Waals surface area contributed by atoms with Crippen molar-refractivity contribution in [3.05, 3.63) is 39.8 Å². The average Bonchev–Trinajstić information content (AvgIpc) is 2.82. The van der Waals surface area contributed by atoms with Gasteiger partial charge in [0.1, 0.15) is 9.09 Å². The first-order valence-electron chi connectivity index (χ1n) is 4.86. The molecule has 0 unspecified atom stereocenters. The average molecular weight is 363 g/mol. The summed E-state index contributed by atoms with van der Waals surface area (Å²) < 4.78 is 26.8. The van der Waals surface area contributed by atoms with Gasteiger partial charge in [-0.3, -0.25) is 4.72 Å². The lowest BCUT2D eigenvalue weighted by atomic mass is 10.5. The van der Waals surface area contributed by atoms with E-state index in [0.717, 1.165) is 0 Å². The van der Waals surface area contributed by atoms with Crippen LogP contribution in [0.4, 0.5) is 5.82 Å². The first-order chi connectivity index (χ1) is 8.90. The summed E-state index contributed by atoms with van der Waals surface area (Å²) in [5.41, 5.74) is 0. The fraction of sp³-hybridized carbons (Fsp3) is 0. The maximum absolute atomic E-state index is 12.0. The molecular formula is C10H7BrN2O4S2. The number of carboxylic acids is 1. The number of anilines is 1. The Balaban J connectivity index is 2.32. The van der Waals surface area contributed by atoms with E-state index in [2.05, 4.69) is 25.6 Å². The Hall–Kier alpha value is -1.45. The summed E-state index contributed by atoms with van der Waals surface area (Å²) in [6, 6.07) is 5.78. The van der Waals surface area contributed by atoms with Crippen molar-refractivity contribution in [3.8, 4) is 0 Å². The summed E-state index contributed by atoms with van der Waals surface area (Å²) in [7, 11) is -3.84. The van der Waals surface area contributed by atoms with Crippen LogP contribution in [0.2, 0.25) is 0 Å². The molecule has 9 heteroatoms. The van der Waals surface area contributed by atoms with E-state index >= 15 is 0 Å². The number of aromatic nitrogens is 1. The molecule has 2 N–H and O–H groups in total. The number of aromatic carboxylic acids is 1. The number of hydrogen-bond acceptors (Lipinski definition) is 5. The number of halogens is 1. The summed E-state index contributed by atoms with van der Waals surface area (Å²) in [5, 5.41) is 8.77. The molecule has 0 aromatic carbocycles. The quantitative estimate of drug-likeness (QED) is 0.870. The number of carboxylic acid groups (broad SMARTS) is 1. The summed E-state index contributed by atoms with van der Waals surface area (Å²) >= 11 is 3.85. The molecule has 100 valence electrons. The highest BCUT2D eigenvalue weighted by Crippen LogP contribution is 2.26. The molecule has 2 heterocycles. The highest BCUT2D eigenvalue weighted by atomic mass is 79.9. The van der Waals surface area contributed by atoms with E-state index in [-0.39, 0.29) is 14.9 Å². The highest BCUT2D eigenvalue weighted by Gasteiger charge is 2.20. The van der Waals surface area contributed by atoms with Crippen LogP contribution < -0.4 is 4.72 Å². The third kappa shape index (κ3) is 3.11. The monoisotopic (exact) mass is 362 g/mol. The molecule has 0 atom stereocenters. The minimum absolute atomic E-state index is 0.0412. The standard InChI is InChI=1S/C10H7BrN2O4S2/c11-6-2-1-5-12-9(6)13-19(16,17)8-4-3-7(18-8)10(14)15/h1-5H,(H,12,13)(H,14,15). The summed E-state index contributed by atoms with van der Waals surface area (Å²) in [6.07, 6.45) is 1.44. The second-order valence-corrected chi connectivity index (χ2v) is 7.21. The molecular weight excluding hydrogens is 356 g/mol. The number of hydrogen-bond donors (Lipinski definition) is 2. The maximum atomic E-state index is 12.0. The fourth-order valence-electron chi connectivity index (χ4n) is 1.22. The lowest BCUT2D eigenvalue weighted by molar-refractivity contribution is 0.0702. The van der Waals surface area contributed by atoms with E-state index in [1.165, 1.54) is 18.3 Å². The van der Waals surface area contributed by atoms with Crippen LogP contribution in [0.5, 0.6) is 0 Å². The Morgan fingerprint density at radius 2 is 2.11 bits per heavy atom. The SMILES string of the molecule is O=C(O)c1ccc(S(=O)(=O)Nc2ncccc2Br)s1. The first kappa shape index (κ1) is 14.0. The zero-order valence-corrected chi connectivity index (χ0v) is 12.4. The van der Waals surface area contributed by atoms with Crippen molar-refractivity contribution in [2.45, 2.75) is 4.21 Å². The van der Waals surface area contributed by atoms with Gasteiger partial charge in [0.25, 0.3) is 10.0 Å². The highest BCUT2D eigenvalue weighted by molar-refractivity contribution is 9.10. The number of thiophene rings is 1. The number of carbonyl (C=O) groups is 1. The molecule has 0 fully saturated rings. The van der Waals surface area contributed by atoms with Gasteiger partial charge >= 0.3 is 5.97 Å². The van der Waals surface area contributed by atoms with Crippen LogP contribution in [0.3, 0.4) is 0 Å². The van der Waals surface area contributed by atoms with Crippen LogP contribution in [-0.4, -0.2) is 24.5 Å². The zero-order valence-electron chi connectivity index (χ0n) is 9.20. The Labute approximate surface area is 121 Å². The molecule has 0 saturated carbocycles. The van der Waals surface area contributed by atoms with Crippen molar-refractivity contribution < 1.29 is 18.3 Å². The molecule has 2 aromatic rings. The Kier molecular flexibility index (Phi) is 3.88. The number of nitrogens with one attached hydrogen (secondary N) is 1. The summed E-state index contributed by atoms with van der Waals surface area (Å²) in [4.78, 5) is 14.6. The molecule has 2 rings (SSSR count). The molecule has 0 aliphatic heterocycles. The first-order valence-corrected chi connectivity index (χ1v) is 7.96. The summed E-state index contributed by atoms with van der Waals surface area (Å²) in [6.45, 7) is 0. The van der Waals surface area contributed by atoms with E-state index in [9.17, 15) is 13.2 Å². The molecule has 0 saturated heterocycles. The Bertz CT molecular complexity index is 727. The zero-order chi connectivity index (χ0) is 14.0. The van der Waals surface area contributed by atoms with Gasteiger partial charge in [0.15, 0.2) is 5.82 Å². The van der Waals surface area contributed by atoms with Crippen molar-refractivity contribution in [2.24, 2.45) is 0 Å². The van der Waals surface area contributed by atoms with Gasteiger partial charge in [0.05, 0.1) is 4.47 Å². The lowest BCUT2D eigenvalue weighted by Gasteiger charge is -2.06. The minimum atomic E-state index is -3.84. The van der Waals surface area contributed by atoms with Gasteiger partial charge in [-0.15, -0.1) is 11.3 Å². The maximum Gasteiger partial charge on any atom is 0.345 e. The van der Waals surface area contributed by atoms with Crippen LogP contribution in [0, 0.1) is 0 Å². The molecule has 0 aliphatic carbocycles. The van der Waals surface area contributed by atoms with Crippen molar-refractivity contribution in [1.29, 1.82) is 0 Å². The van der Waals surface area contributed by atoms with E-state index in [4.69, 9.17) is 5.11 Å². The summed E-state index contributed by atoms with van der Waals surface area (Å²) in [5.74, 6) is -1.02. The van der Waals surface area contributed by atoms with E-state index in [1.54, 1.807) is 12.1 Å². The molecule has 0 amide bonds. The third-order valence-corrected chi connectivity index (χ3v) is 5.59. The van der Waals surface area contributed by atoms with Gasteiger partial charge in [-0.1, -0.05) is 0 Å². The second kappa shape index (κ2) is 5.27. The Morgan fingerprint density at radius 3 is 2.68 bits per heavy atom. The van der Waals surface area contributed by atoms with E-state index < -0.39 is 16.0 Å².